The molecule has 0 spiro atoms. The molecular formula is C18H18N2O4S2. The number of carbonyl (C=O) groups is 3. The number of benzene rings is 1. The molecule has 1 aliphatic rings. The van der Waals surface area contributed by atoms with E-state index in [1.807, 2.05) is 6.07 Å². The Morgan fingerprint density at radius 3 is 2.81 bits per heavy atom. The second-order valence-electron chi connectivity index (χ2n) is 5.81. The van der Waals surface area contributed by atoms with E-state index >= 15 is 0 Å². The second kappa shape index (κ2) is 8.37. The summed E-state index contributed by atoms with van der Waals surface area (Å²) in [6.07, 6.45) is 3.39. The summed E-state index contributed by atoms with van der Waals surface area (Å²) >= 11 is 2.57. The van der Waals surface area contributed by atoms with Gasteiger partial charge in [0, 0.05) is 4.90 Å². The van der Waals surface area contributed by atoms with Crippen molar-refractivity contribution < 1.29 is 19.1 Å². The van der Waals surface area contributed by atoms with Crippen LogP contribution in [0.25, 0.3) is 0 Å². The van der Waals surface area contributed by atoms with Crippen LogP contribution in [0.5, 0.6) is 0 Å². The number of thiophene rings is 1. The summed E-state index contributed by atoms with van der Waals surface area (Å²) in [6.45, 7) is -0.403. The van der Waals surface area contributed by atoms with Crippen molar-refractivity contribution in [3.63, 3.8) is 0 Å². The molecule has 6 nitrogen and oxygen atoms in total. The van der Waals surface area contributed by atoms with Crippen LogP contribution in [0.2, 0.25) is 0 Å². The Bertz CT molecular complexity index is 847. The van der Waals surface area contributed by atoms with Crippen molar-refractivity contribution in [2.24, 2.45) is 5.73 Å². The van der Waals surface area contributed by atoms with Gasteiger partial charge in [-0.1, -0.05) is 6.07 Å². The summed E-state index contributed by atoms with van der Waals surface area (Å²) in [7, 11) is 0. The molecule has 0 atom stereocenters. The normalized spacial score (nSPS) is 12.5. The number of ether oxygens (including phenoxy) is 1. The maximum Gasteiger partial charge on any atom is 0.316 e. The SMILES string of the molecule is NC(=O)c1ccsc1NC(=O)COC(=O)CSc1ccc2c(c1)CCC2. The summed E-state index contributed by atoms with van der Waals surface area (Å²) in [6, 6.07) is 7.77. The minimum absolute atomic E-state index is 0.137. The van der Waals surface area contributed by atoms with Crippen molar-refractivity contribution in [3.8, 4) is 0 Å². The first-order valence-corrected chi connectivity index (χ1v) is 9.97. The number of primary amides is 1. The molecule has 2 aromatic rings. The van der Waals surface area contributed by atoms with Crippen LogP contribution in [0.1, 0.15) is 27.9 Å². The number of fused-ring (bicyclic) bond motifs is 1. The number of nitrogens with one attached hydrogen (secondary N) is 1. The quantitative estimate of drug-likeness (QED) is 0.559. The Kier molecular flexibility index (Phi) is 5.95. The van der Waals surface area contributed by atoms with Crippen molar-refractivity contribution in [2.45, 2.75) is 24.2 Å². The number of hydrogen-bond donors (Lipinski definition) is 2. The number of nitrogens with two attached hydrogens (primary N) is 1. The number of hydrogen-bond acceptors (Lipinski definition) is 6. The summed E-state index contributed by atoms with van der Waals surface area (Å²) in [5.41, 5.74) is 8.19. The zero-order chi connectivity index (χ0) is 18.5. The number of amides is 2. The lowest BCUT2D eigenvalue weighted by atomic mass is 10.1. The molecule has 1 heterocycles. The fraction of sp³-hybridized carbons (Fsp3) is 0.278. The lowest BCUT2D eigenvalue weighted by molar-refractivity contribution is -0.144. The molecule has 0 unspecified atom stereocenters. The fourth-order valence-electron chi connectivity index (χ4n) is 2.73. The largest absolute Gasteiger partial charge is 0.455 e. The third-order valence-corrected chi connectivity index (χ3v) is 5.77. The van der Waals surface area contributed by atoms with E-state index in [4.69, 9.17) is 10.5 Å². The van der Waals surface area contributed by atoms with Gasteiger partial charge in [0.05, 0.1) is 11.3 Å². The molecule has 8 heteroatoms. The van der Waals surface area contributed by atoms with Crippen molar-refractivity contribution in [1.29, 1.82) is 0 Å². The van der Waals surface area contributed by atoms with Crippen LogP contribution >= 0.6 is 23.1 Å². The first-order valence-electron chi connectivity index (χ1n) is 8.10. The second-order valence-corrected chi connectivity index (χ2v) is 7.77. The van der Waals surface area contributed by atoms with Crippen molar-refractivity contribution in [2.75, 3.05) is 17.7 Å². The van der Waals surface area contributed by atoms with Crippen molar-refractivity contribution >= 4 is 45.9 Å². The summed E-state index contributed by atoms with van der Waals surface area (Å²) < 4.78 is 4.98. The van der Waals surface area contributed by atoms with Gasteiger partial charge in [0.1, 0.15) is 5.00 Å². The van der Waals surface area contributed by atoms with Gasteiger partial charge >= 0.3 is 5.97 Å². The Morgan fingerprint density at radius 2 is 2.00 bits per heavy atom. The molecule has 0 radical (unpaired) electrons. The third kappa shape index (κ3) is 4.64. The Hall–Kier alpha value is -2.32. The molecule has 0 fully saturated rings. The summed E-state index contributed by atoms with van der Waals surface area (Å²) in [4.78, 5) is 35.9. The average molecular weight is 390 g/mol. The highest BCUT2D eigenvalue weighted by Crippen LogP contribution is 2.27. The molecule has 0 aliphatic heterocycles. The smallest absolute Gasteiger partial charge is 0.316 e. The Labute approximate surface area is 159 Å². The van der Waals surface area contributed by atoms with Crippen LogP contribution in [0.4, 0.5) is 5.00 Å². The van der Waals surface area contributed by atoms with Gasteiger partial charge in [-0.05, 0) is 54.0 Å². The number of carbonyl (C=O) groups excluding carboxylic acids is 3. The Balaban J connectivity index is 1.43. The zero-order valence-corrected chi connectivity index (χ0v) is 15.6. The molecule has 26 heavy (non-hydrogen) atoms. The molecule has 1 aromatic carbocycles. The number of rotatable bonds is 7. The van der Waals surface area contributed by atoms with E-state index in [9.17, 15) is 14.4 Å². The van der Waals surface area contributed by atoms with E-state index in [2.05, 4.69) is 17.4 Å². The van der Waals surface area contributed by atoms with E-state index in [1.54, 1.807) is 5.38 Å². The first kappa shape index (κ1) is 18.5. The van der Waals surface area contributed by atoms with E-state index in [1.165, 1.54) is 46.7 Å². The van der Waals surface area contributed by atoms with E-state index < -0.39 is 24.4 Å². The van der Waals surface area contributed by atoms with Crippen LogP contribution in [0, 0.1) is 0 Å². The number of aryl methyl sites for hydroxylation is 2. The maximum absolute atomic E-state index is 11.9. The minimum Gasteiger partial charge on any atom is -0.455 e. The molecule has 0 saturated carbocycles. The summed E-state index contributed by atoms with van der Waals surface area (Å²) in [5, 5.41) is 4.52. The molecule has 3 rings (SSSR count). The molecule has 0 saturated heterocycles. The third-order valence-electron chi connectivity index (χ3n) is 3.97. The monoisotopic (exact) mass is 390 g/mol. The molecule has 1 aromatic heterocycles. The lowest BCUT2D eigenvalue weighted by Gasteiger charge is -2.07. The van der Waals surface area contributed by atoms with Gasteiger partial charge in [-0.25, -0.2) is 0 Å². The predicted octanol–water partition coefficient (Wildman–Crippen LogP) is 2.61. The molecule has 3 N–H and O–H groups in total. The highest BCUT2D eigenvalue weighted by molar-refractivity contribution is 8.00. The molecular weight excluding hydrogens is 372 g/mol. The summed E-state index contributed by atoms with van der Waals surface area (Å²) in [5.74, 6) is -1.46. The predicted molar refractivity (Wildman–Crippen MR) is 102 cm³/mol. The first-order chi connectivity index (χ1) is 12.5. The maximum atomic E-state index is 11.9. The highest BCUT2D eigenvalue weighted by Gasteiger charge is 2.15. The number of esters is 1. The zero-order valence-electron chi connectivity index (χ0n) is 13.9. The van der Waals surface area contributed by atoms with E-state index in [-0.39, 0.29) is 11.3 Å². The van der Waals surface area contributed by atoms with Gasteiger partial charge in [-0.15, -0.1) is 23.1 Å². The van der Waals surface area contributed by atoms with E-state index in [0.717, 1.165) is 17.7 Å². The van der Waals surface area contributed by atoms with Crippen LogP contribution in [0.15, 0.2) is 34.5 Å². The highest BCUT2D eigenvalue weighted by atomic mass is 32.2. The van der Waals surface area contributed by atoms with Crippen LogP contribution < -0.4 is 11.1 Å². The Morgan fingerprint density at radius 1 is 1.19 bits per heavy atom. The standard InChI is InChI=1S/C18H18N2O4S2/c19-17(23)14-6-7-25-18(14)20-15(21)9-24-16(22)10-26-13-5-4-11-2-1-3-12(11)8-13/h4-8H,1-3,9-10H2,(H2,19,23)(H,20,21). The van der Waals surface area contributed by atoms with Crippen LogP contribution in [-0.2, 0) is 27.2 Å². The minimum atomic E-state index is -0.621. The molecule has 1 aliphatic carbocycles. The molecule has 2 amide bonds. The fourth-order valence-corrected chi connectivity index (χ4v) is 4.30. The van der Waals surface area contributed by atoms with Crippen LogP contribution in [0.3, 0.4) is 0 Å². The van der Waals surface area contributed by atoms with Crippen molar-refractivity contribution in [3.05, 3.63) is 46.3 Å². The van der Waals surface area contributed by atoms with Gasteiger partial charge in [0.15, 0.2) is 6.61 Å². The number of anilines is 1. The van der Waals surface area contributed by atoms with E-state index in [0.29, 0.717) is 5.00 Å². The molecule has 136 valence electrons. The van der Waals surface area contributed by atoms with Crippen LogP contribution in [-0.4, -0.2) is 30.1 Å². The van der Waals surface area contributed by atoms with Gasteiger partial charge in [-0.2, -0.15) is 0 Å². The topological polar surface area (TPSA) is 98.5 Å². The van der Waals surface area contributed by atoms with Gasteiger partial charge in [0.25, 0.3) is 11.8 Å². The van der Waals surface area contributed by atoms with Gasteiger partial charge in [0.2, 0.25) is 0 Å². The molecule has 0 bridgehead atoms. The lowest BCUT2D eigenvalue weighted by Crippen LogP contribution is -2.22. The average Bonchev–Trinajstić information content (AvgIpc) is 3.26. The van der Waals surface area contributed by atoms with Gasteiger partial charge < -0.3 is 15.8 Å². The van der Waals surface area contributed by atoms with Gasteiger partial charge in [-0.3, -0.25) is 14.4 Å². The number of thioether (sulfide) groups is 1. The van der Waals surface area contributed by atoms with Crippen molar-refractivity contribution in [1.82, 2.24) is 0 Å².